The molecule has 0 bridgehead atoms. The molecule has 3 heteroatoms. The molecule has 0 fully saturated rings. The highest BCUT2D eigenvalue weighted by Gasteiger charge is 2.07. The van der Waals surface area contributed by atoms with E-state index >= 15 is 0 Å². The van der Waals surface area contributed by atoms with Gasteiger partial charge in [0.25, 0.3) is 0 Å². The van der Waals surface area contributed by atoms with Crippen LogP contribution in [0.15, 0.2) is 46.9 Å². The molecule has 0 unspecified atom stereocenters. The van der Waals surface area contributed by atoms with E-state index in [4.69, 9.17) is 5.73 Å². The highest BCUT2D eigenvalue weighted by atomic mass is 79.9. The molecule has 0 aliphatic heterocycles. The predicted molar refractivity (Wildman–Crippen MR) is 65.7 cm³/mol. The highest BCUT2D eigenvalue weighted by molar-refractivity contribution is 9.10. The van der Waals surface area contributed by atoms with Gasteiger partial charge in [-0.25, -0.2) is 0 Å². The van der Waals surface area contributed by atoms with Crippen molar-refractivity contribution in [2.75, 3.05) is 5.73 Å². The van der Waals surface area contributed by atoms with Crippen molar-refractivity contribution >= 4 is 21.6 Å². The van der Waals surface area contributed by atoms with Gasteiger partial charge >= 0.3 is 0 Å². The third-order valence-electron chi connectivity index (χ3n) is 2.21. The maximum atomic E-state index is 9.72. The minimum atomic E-state index is 0.206. The van der Waals surface area contributed by atoms with Crippen molar-refractivity contribution in [3.05, 3.63) is 46.9 Å². The fraction of sp³-hybridized carbons (Fsp3) is 0. The summed E-state index contributed by atoms with van der Waals surface area (Å²) in [4.78, 5) is 0. The normalized spacial score (nSPS) is 10.2. The molecule has 2 aromatic carbocycles. The van der Waals surface area contributed by atoms with E-state index in [9.17, 15) is 5.11 Å². The number of nitrogen functional groups attached to an aromatic ring is 1. The van der Waals surface area contributed by atoms with Crippen molar-refractivity contribution in [3.63, 3.8) is 0 Å². The average Bonchev–Trinajstić information content (AvgIpc) is 2.20. The molecular weight excluding hydrogens is 254 g/mol. The first kappa shape index (κ1) is 10.1. The molecule has 0 atom stereocenters. The Morgan fingerprint density at radius 1 is 1.00 bits per heavy atom. The second kappa shape index (κ2) is 3.95. The SMILES string of the molecule is Nc1cccc(O)c1-c1ccc(Br)cc1. The Hall–Kier alpha value is -1.48. The summed E-state index contributed by atoms with van der Waals surface area (Å²) in [6, 6.07) is 12.8. The number of nitrogens with two attached hydrogens (primary N) is 1. The molecule has 2 rings (SSSR count). The van der Waals surface area contributed by atoms with Crippen LogP contribution in [0.4, 0.5) is 5.69 Å². The Labute approximate surface area is 96.5 Å². The molecule has 0 saturated heterocycles. The topological polar surface area (TPSA) is 46.2 Å². The Balaban J connectivity index is 2.58. The van der Waals surface area contributed by atoms with Gasteiger partial charge in [-0.2, -0.15) is 0 Å². The molecule has 2 aromatic rings. The first-order valence-corrected chi connectivity index (χ1v) is 5.31. The van der Waals surface area contributed by atoms with Crippen LogP contribution in [-0.4, -0.2) is 5.11 Å². The van der Waals surface area contributed by atoms with Gasteiger partial charge in [-0.3, -0.25) is 0 Å². The van der Waals surface area contributed by atoms with Crippen LogP contribution in [0.2, 0.25) is 0 Å². The van der Waals surface area contributed by atoms with Crippen molar-refractivity contribution in [2.45, 2.75) is 0 Å². The van der Waals surface area contributed by atoms with Crippen molar-refractivity contribution in [1.82, 2.24) is 0 Å². The lowest BCUT2D eigenvalue weighted by atomic mass is 10.0. The van der Waals surface area contributed by atoms with Gasteiger partial charge in [0.1, 0.15) is 5.75 Å². The Morgan fingerprint density at radius 3 is 2.27 bits per heavy atom. The maximum Gasteiger partial charge on any atom is 0.125 e. The molecular formula is C12H10BrNO. The van der Waals surface area contributed by atoms with Gasteiger partial charge in [-0.05, 0) is 29.8 Å². The van der Waals surface area contributed by atoms with Crippen molar-refractivity contribution in [2.24, 2.45) is 0 Å². The molecule has 0 amide bonds. The van der Waals surface area contributed by atoms with E-state index in [0.29, 0.717) is 11.3 Å². The second-order valence-electron chi connectivity index (χ2n) is 3.25. The number of phenolic OH excluding ortho intramolecular Hbond substituents is 1. The molecule has 0 heterocycles. The van der Waals surface area contributed by atoms with E-state index in [1.165, 1.54) is 0 Å². The van der Waals surface area contributed by atoms with Gasteiger partial charge in [-0.1, -0.05) is 34.1 Å². The Kier molecular flexibility index (Phi) is 2.64. The molecule has 2 nitrogen and oxygen atoms in total. The number of benzene rings is 2. The van der Waals surface area contributed by atoms with Crippen LogP contribution in [0.25, 0.3) is 11.1 Å². The summed E-state index contributed by atoms with van der Waals surface area (Å²) < 4.78 is 1.00. The number of anilines is 1. The van der Waals surface area contributed by atoms with Gasteiger partial charge in [0.15, 0.2) is 0 Å². The monoisotopic (exact) mass is 263 g/mol. The Morgan fingerprint density at radius 2 is 1.67 bits per heavy atom. The third kappa shape index (κ3) is 1.97. The molecule has 0 aromatic heterocycles. The number of halogens is 1. The molecule has 0 saturated carbocycles. The summed E-state index contributed by atoms with van der Waals surface area (Å²) >= 11 is 3.36. The third-order valence-corrected chi connectivity index (χ3v) is 2.74. The minimum absolute atomic E-state index is 0.206. The quantitative estimate of drug-likeness (QED) is 0.775. The van der Waals surface area contributed by atoms with Crippen LogP contribution in [0.3, 0.4) is 0 Å². The highest BCUT2D eigenvalue weighted by Crippen LogP contribution is 2.34. The van der Waals surface area contributed by atoms with E-state index < -0.39 is 0 Å². The molecule has 0 aliphatic carbocycles. The zero-order chi connectivity index (χ0) is 10.8. The average molecular weight is 264 g/mol. The van der Waals surface area contributed by atoms with Gasteiger partial charge in [-0.15, -0.1) is 0 Å². The maximum absolute atomic E-state index is 9.72. The van der Waals surface area contributed by atoms with Crippen LogP contribution in [0.5, 0.6) is 5.75 Å². The minimum Gasteiger partial charge on any atom is -0.507 e. The predicted octanol–water partition coefficient (Wildman–Crippen LogP) is 3.40. The lowest BCUT2D eigenvalue weighted by Gasteiger charge is -2.07. The van der Waals surface area contributed by atoms with Crippen molar-refractivity contribution in [1.29, 1.82) is 0 Å². The van der Waals surface area contributed by atoms with E-state index in [0.717, 1.165) is 10.0 Å². The fourth-order valence-corrected chi connectivity index (χ4v) is 1.75. The zero-order valence-corrected chi connectivity index (χ0v) is 9.53. The number of aromatic hydroxyl groups is 1. The first-order valence-electron chi connectivity index (χ1n) is 4.52. The van der Waals surface area contributed by atoms with Gasteiger partial charge in [0, 0.05) is 15.7 Å². The van der Waals surface area contributed by atoms with E-state index in [2.05, 4.69) is 15.9 Å². The summed E-state index contributed by atoms with van der Waals surface area (Å²) in [5.41, 5.74) is 8.00. The summed E-state index contributed by atoms with van der Waals surface area (Å²) in [6.07, 6.45) is 0. The summed E-state index contributed by atoms with van der Waals surface area (Å²) in [5, 5.41) is 9.72. The van der Waals surface area contributed by atoms with E-state index in [-0.39, 0.29) is 5.75 Å². The number of rotatable bonds is 1. The molecule has 3 N–H and O–H groups in total. The number of phenols is 1. The molecule has 0 spiro atoms. The largest absolute Gasteiger partial charge is 0.507 e. The molecule has 0 radical (unpaired) electrons. The van der Waals surface area contributed by atoms with Gasteiger partial charge < -0.3 is 10.8 Å². The number of hydrogen-bond acceptors (Lipinski definition) is 2. The summed E-state index contributed by atoms with van der Waals surface area (Å²) in [5.74, 6) is 0.206. The lowest BCUT2D eigenvalue weighted by molar-refractivity contribution is 0.477. The first-order chi connectivity index (χ1) is 7.18. The van der Waals surface area contributed by atoms with E-state index in [1.54, 1.807) is 18.2 Å². The van der Waals surface area contributed by atoms with E-state index in [1.807, 2.05) is 24.3 Å². The lowest BCUT2D eigenvalue weighted by Crippen LogP contribution is -1.89. The standard InChI is InChI=1S/C12H10BrNO/c13-9-6-4-8(5-7-9)12-10(14)2-1-3-11(12)15/h1-7,15H,14H2. The molecule has 15 heavy (non-hydrogen) atoms. The summed E-state index contributed by atoms with van der Waals surface area (Å²) in [7, 11) is 0. The van der Waals surface area contributed by atoms with Crippen LogP contribution >= 0.6 is 15.9 Å². The smallest absolute Gasteiger partial charge is 0.125 e. The van der Waals surface area contributed by atoms with Crippen LogP contribution in [-0.2, 0) is 0 Å². The van der Waals surface area contributed by atoms with Crippen molar-refractivity contribution < 1.29 is 5.11 Å². The zero-order valence-electron chi connectivity index (χ0n) is 7.94. The summed E-state index contributed by atoms with van der Waals surface area (Å²) in [6.45, 7) is 0. The fourth-order valence-electron chi connectivity index (χ4n) is 1.49. The van der Waals surface area contributed by atoms with Crippen LogP contribution in [0, 0.1) is 0 Å². The van der Waals surface area contributed by atoms with Crippen LogP contribution < -0.4 is 5.73 Å². The number of hydrogen-bond donors (Lipinski definition) is 2. The van der Waals surface area contributed by atoms with Crippen molar-refractivity contribution in [3.8, 4) is 16.9 Å². The van der Waals surface area contributed by atoms with Gasteiger partial charge in [0.2, 0.25) is 0 Å². The molecule has 0 aliphatic rings. The second-order valence-corrected chi connectivity index (χ2v) is 4.16. The Bertz CT molecular complexity index is 459. The van der Waals surface area contributed by atoms with Gasteiger partial charge in [0.05, 0.1) is 0 Å². The molecule has 76 valence electrons. The van der Waals surface area contributed by atoms with Crippen LogP contribution in [0.1, 0.15) is 0 Å².